The third-order valence-corrected chi connectivity index (χ3v) is 3.91. The molecule has 0 aliphatic rings. The third kappa shape index (κ3) is 3.19. The molecule has 0 unspecified atom stereocenters. The first-order valence-corrected chi connectivity index (χ1v) is 7.74. The van der Waals surface area contributed by atoms with Gasteiger partial charge in [0.05, 0.1) is 11.4 Å². The summed E-state index contributed by atoms with van der Waals surface area (Å²) < 4.78 is 6.91. The zero-order valence-electron chi connectivity index (χ0n) is 13.9. The Labute approximate surface area is 139 Å². The average molecular weight is 325 g/mol. The molecule has 0 aliphatic heterocycles. The fourth-order valence-electron chi connectivity index (χ4n) is 2.85. The Bertz CT molecular complexity index is 818. The summed E-state index contributed by atoms with van der Waals surface area (Å²) in [4.78, 5) is 12.4. The molecule has 0 radical (unpaired) electrons. The summed E-state index contributed by atoms with van der Waals surface area (Å²) in [6, 6.07) is 9.61. The van der Waals surface area contributed by atoms with Crippen LogP contribution >= 0.6 is 0 Å². The first kappa shape index (κ1) is 15.9. The second-order valence-electron chi connectivity index (χ2n) is 5.75. The molecule has 0 fully saturated rings. The number of carbonyl (C=O) groups excluding carboxylic acids is 1. The van der Waals surface area contributed by atoms with E-state index in [1.54, 1.807) is 10.9 Å². The summed E-state index contributed by atoms with van der Waals surface area (Å²) >= 11 is 0. The number of aromatic nitrogens is 4. The van der Waals surface area contributed by atoms with Gasteiger partial charge >= 0.3 is 0 Å². The monoisotopic (exact) mass is 325 g/mol. The van der Waals surface area contributed by atoms with Crippen molar-refractivity contribution in [3.63, 3.8) is 0 Å². The van der Waals surface area contributed by atoms with Crippen LogP contribution in [0.15, 0.2) is 41.2 Å². The summed E-state index contributed by atoms with van der Waals surface area (Å²) in [5, 5.41) is 14.6. The molecule has 124 valence electrons. The highest BCUT2D eigenvalue weighted by Crippen LogP contribution is 2.26. The Hall–Kier alpha value is -2.96. The van der Waals surface area contributed by atoms with Crippen molar-refractivity contribution in [2.24, 2.45) is 0 Å². The lowest BCUT2D eigenvalue weighted by Gasteiger charge is -2.12. The Balaban J connectivity index is 1.71. The molecule has 2 aromatic heterocycles. The Morgan fingerprint density at radius 2 is 2.04 bits per heavy atom. The predicted octanol–water partition coefficient (Wildman–Crippen LogP) is 3.00. The minimum absolute atomic E-state index is 0.00402. The summed E-state index contributed by atoms with van der Waals surface area (Å²) in [6.07, 6.45) is 1.88. The van der Waals surface area contributed by atoms with E-state index in [1.807, 2.05) is 51.1 Å². The molecular weight excluding hydrogens is 306 g/mol. The maximum absolute atomic E-state index is 12.4. The van der Waals surface area contributed by atoms with E-state index in [9.17, 15) is 4.79 Å². The van der Waals surface area contributed by atoms with Crippen LogP contribution in [0.2, 0.25) is 0 Å². The second-order valence-corrected chi connectivity index (χ2v) is 5.75. The van der Waals surface area contributed by atoms with Gasteiger partial charge in [-0.3, -0.25) is 14.7 Å². The van der Waals surface area contributed by atoms with E-state index < -0.39 is 0 Å². The first-order valence-electron chi connectivity index (χ1n) is 7.74. The van der Waals surface area contributed by atoms with Crippen LogP contribution in [0.25, 0.3) is 5.69 Å². The van der Waals surface area contributed by atoms with Crippen molar-refractivity contribution in [1.29, 1.82) is 0 Å². The van der Waals surface area contributed by atoms with Crippen molar-refractivity contribution < 1.29 is 9.32 Å². The molecule has 7 heteroatoms. The van der Waals surface area contributed by atoms with Crippen LogP contribution in [-0.2, 0) is 4.79 Å². The summed E-state index contributed by atoms with van der Waals surface area (Å²) in [5.74, 6) is 1.02. The van der Waals surface area contributed by atoms with Crippen molar-refractivity contribution in [2.75, 3.05) is 5.32 Å². The summed E-state index contributed by atoms with van der Waals surface area (Å²) in [6.45, 7) is 5.72. The maximum atomic E-state index is 12.4. The summed E-state index contributed by atoms with van der Waals surface area (Å²) in [7, 11) is 0. The summed E-state index contributed by atoms with van der Waals surface area (Å²) in [5.41, 5.74) is 2.69. The number of nitrogens with one attached hydrogen (secondary N) is 1. The molecule has 1 N–H and O–H groups in total. The minimum Gasteiger partial charge on any atom is -0.361 e. The fourth-order valence-corrected chi connectivity index (χ4v) is 2.85. The fraction of sp³-hybridized carbons (Fsp3) is 0.294. The van der Waals surface area contributed by atoms with Crippen molar-refractivity contribution in [3.8, 4) is 5.69 Å². The van der Waals surface area contributed by atoms with E-state index >= 15 is 0 Å². The number of para-hydroxylation sites is 1. The van der Waals surface area contributed by atoms with Crippen LogP contribution in [0.1, 0.15) is 36.3 Å². The number of hydrogen-bond acceptors (Lipinski definition) is 5. The van der Waals surface area contributed by atoms with E-state index in [-0.39, 0.29) is 11.8 Å². The van der Waals surface area contributed by atoms with Gasteiger partial charge in [0.15, 0.2) is 0 Å². The van der Waals surface area contributed by atoms with E-state index in [1.165, 1.54) is 0 Å². The van der Waals surface area contributed by atoms with E-state index in [2.05, 4.69) is 20.7 Å². The zero-order valence-corrected chi connectivity index (χ0v) is 13.9. The molecule has 24 heavy (non-hydrogen) atoms. The lowest BCUT2D eigenvalue weighted by Crippen LogP contribution is -2.17. The lowest BCUT2D eigenvalue weighted by atomic mass is 9.96. The van der Waals surface area contributed by atoms with Gasteiger partial charge < -0.3 is 4.52 Å². The average Bonchev–Trinajstić information content (AvgIpc) is 3.14. The molecule has 0 saturated carbocycles. The maximum Gasteiger partial charge on any atom is 0.235 e. The van der Waals surface area contributed by atoms with Gasteiger partial charge in [-0.2, -0.15) is 0 Å². The number of anilines is 1. The van der Waals surface area contributed by atoms with Crippen molar-refractivity contribution >= 4 is 11.9 Å². The van der Waals surface area contributed by atoms with Gasteiger partial charge in [0.1, 0.15) is 12.1 Å². The Morgan fingerprint density at radius 3 is 2.71 bits per heavy atom. The van der Waals surface area contributed by atoms with Gasteiger partial charge in [-0.1, -0.05) is 30.3 Å². The number of carbonyl (C=O) groups is 1. The topological polar surface area (TPSA) is 85.8 Å². The molecule has 7 nitrogen and oxygen atoms in total. The highest BCUT2D eigenvalue weighted by Gasteiger charge is 2.20. The second kappa shape index (κ2) is 6.66. The smallest absolute Gasteiger partial charge is 0.235 e. The van der Waals surface area contributed by atoms with Crippen molar-refractivity contribution in [1.82, 2.24) is 19.9 Å². The zero-order chi connectivity index (χ0) is 17.1. The molecule has 3 aromatic rings. The van der Waals surface area contributed by atoms with Crippen LogP contribution in [0.3, 0.4) is 0 Å². The molecule has 0 saturated heterocycles. The number of hydrogen-bond donors (Lipinski definition) is 1. The number of rotatable bonds is 5. The van der Waals surface area contributed by atoms with E-state index in [4.69, 9.17) is 4.52 Å². The Kier molecular flexibility index (Phi) is 4.41. The molecule has 0 spiro atoms. The number of benzene rings is 1. The molecule has 1 aromatic carbocycles. The lowest BCUT2D eigenvalue weighted by molar-refractivity contribution is -0.116. The standard InChI is InChI=1S/C17H19N5O2/c1-11(16-12(2)21-24-13(16)3)9-15(23)19-17-20-18-10-22(17)14-7-5-4-6-8-14/h4-8,10-11H,9H2,1-3H3,(H,19,20,23)/t11-/m0/s1. The number of aryl methyl sites for hydroxylation is 2. The van der Waals surface area contributed by atoms with E-state index in [0.29, 0.717) is 12.4 Å². The Morgan fingerprint density at radius 1 is 1.29 bits per heavy atom. The van der Waals surface area contributed by atoms with Gasteiger partial charge in [0, 0.05) is 12.0 Å². The van der Waals surface area contributed by atoms with Crippen molar-refractivity contribution in [3.05, 3.63) is 53.7 Å². The molecule has 0 bridgehead atoms. The van der Waals surface area contributed by atoms with Gasteiger partial charge in [-0.25, -0.2) is 0 Å². The van der Waals surface area contributed by atoms with Crippen LogP contribution in [0.5, 0.6) is 0 Å². The molecule has 0 aliphatic carbocycles. The number of amides is 1. The minimum atomic E-state index is -0.132. The molecule has 3 rings (SSSR count). The molecule has 1 atom stereocenters. The third-order valence-electron chi connectivity index (χ3n) is 3.91. The molecule has 2 heterocycles. The molecular formula is C17H19N5O2. The SMILES string of the molecule is Cc1noc(C)c1[C@@H](C)CC(=O)Nc1nncn1-c1ccccc1. The highest BCUT2D eigenvalue weighted by molar-refractivity contribution is 5.89. The van der Waals surface area contributed by atoms with Gasteiger partial charge in [-0.05, 0) is 31.9 Å². The van der Waals surface area contributed by atoms with Crippen LogP contribution in [0.4, 0.5) is 5.95 Å². The van der Waals surface area contributed by atoms with Gasteiger partial charge in [0.25, 0.3) is 0 Å². The van der Waals surface area contributed by atoms with Crippen LogP contribution < -0.4 is 5.32 Å². The van der Waals surface area contributed by atoms with E-state index in [0.717, 1.165) is 22.7 Å². The number of nitrogens with zero attached hydrogens (tertiary/aromatic N) is 4. The van der Waals surface area contributed by atoms with Gasteiger partial charge in [-0.15, -0.1) is 10.2 Å². The van der Waals surface area contributed by atoms with Crippen molar-refractivity contribution in [2.45, 2.75) is 33.1 Å². The highest BCUT2D eigenvalue weighted by atomic mass is 16.5. The van der Waals surface area contributed by atoms with Crippen LogP contribution in [-0.4, -0.2) is 25.8 Å². The largest absolute Gasteiger partial charge is 0.361 e. The quantitative estimate of drug-likeness (QED) is 0.779. The van der Waals surface area contributed by atoms with Crippen LogP contribution in [0, 0.1) is 13.8 Å². The predicted molar refractivity (Wildman–Crippen MR) is 89.0 cm³/mol. The molecule has 1 amide bonds. The first-order chi connectivity index (χ1) is 11.6. The normalized spacial score (nSPS) is 12.1. The van der Waals surface area contributed by atoms with Gasteiger partial charge in [0.2, 0.25) is 11.9 Å².